The third-order valence-corrected chi connectivity index (χ3v) is 7.80. The van der Waals surface area contributed by atoms with Gasteiger partial charge < -0.3 is 4.74 Å². The molecule has 29 heavy (non-hydrogen) atoms. The molecule has 0 atom stereocenters. The molecule has 0 aliphatic heterocycles. The highest BCUT2D eigenvalue weighted by molar-refractivity contribution is 9.09. The SMILES string of the molecule is CN(CC1CCC(COCCCCBr)CC1)S(=O)(=O)c1ccc(C(F)(F)F)cc1. The fourth-order valence-corrected chi connectivity index (χ4v) is 5.23. The highest BCUT2D eigenvalue weighted by Crippen LogP contribution is 2.32. The van der Waals surface area contributed by atoms with Gasteiger partial charge in [-0.25, -0.2) is 12.7 Å². The molecule has 9 heteroatoms. The zero-order valence-electron chi connectivity index (χ0n) is 16.6. The molecule has 1 aromatic rings. The maximum Gasteiger partial charge on any atom is 0.416 e. The smallest absolute Gasteiger partial charge is 0.381 e. The van der Waals surface area contributed by atoms with Crippen molar-refractivity contribution >= 4 is 26.0 Å². The topological polar surface area (TPSA) is 46.6 Å². The predicted molar refractivity (Wildman–Crippen MR) is 111 cm³/mol. The Kier molecular flexibility index (Phi) is 9.44. The molecule has 0 amide bonds. The van der Waals surface area contributed by atoms with Crippen LogP contribution in [0.3, 0.4) is 0 Å². The molecular formula is C20H29BrF3NO3S. The number of nitrogens with zero attached hydrogens (tertiary/aromatic N) is 1. The van der Waals surface area contributed by atoms with Crippen molar-refractivity contribution in [3.8, 4) is 0 Å². The maximum absolute atomic E-state index is 12.7. The van der Waals surface area contributed by atoms with Crippen molar-refractivity contribution in [2.45, 2.75) is 49.6 Å². The number of sulfonamides is 1. The summed E-state index contributed by atoms with van der Waals surface area (Å²) in [4.78, 5) is -0.112. The zero-order chi connectivity index (χ0) is 21.5. The molecule has 0 bridgehead atoms. The molecule has 0 unspecified atom stereocenters. The summed E-state index contributed by atoms with van der Waals surface area (Å²) in [5.41, 5.74) is -0.855. The summed E-state index contributed by atoms with van der Waals surface area (Å²) in [6.07, 6.45) is 1.56. The molecule has 0 saturated heterocycles. The summed E-state index contributed by atoms with van der Waals surface area (Å²) in [5, 5.41) is 0.990. The Labute approximate surface area is 180 Å². The zero-order valence-corrected chi connectivity index (χ0v) is 19.0. The minimum atomic E-state index is -4.48. The van der Waals surface area contributed by atoms with E-state index in [1.165, 1.54) is 11.4 Å². The molecule has 1 aliphatic carbocycles. The summed E-state index contributed by atoms with van der Waals surface area (Å²) < 4.78 is 70.4. The van der Waals surface area contributed by atoms with Crippen molar-refractivity contribution in [3.63, 3.8) is 0 Å². The fraction of sp³-hybridized carbons (Fsp3) is 0.700. The Morgan fingerprint density at radius 3 is 2.21 bits per heavy atom. The first-order valence-electron chi connectivity index (χ1n) is 9.92. The van der Waals surface area contributed by atoms with E-state index in [1.54, 1.807) is 0 Å². The van der Waals surface area contributed by atoms with Crippen LogP contribution >= 0.6 is 15.9 Å². The second-order valence-corrected chi connectivity index (χ2v) is 10.5. The third kappa shape index (κ3) is 7.52. The molecule has 0 N–H and O–H groups in total. The van der Waals surface area contributed by atoms with Crippen molar-refractivity contribution < 1.29 is 26.3 Å². The van der Waals surface area contributed by atoms with Gasteiger partial charge in [0.1, 0.15) is 0 Å². The van der Waals surface area contributed by atoms with Gasteiger partial charge in [-0.05, 0) is 74.6 Å². The van der Waals surface area contributed by atoms with Gasteiger partial charge in [-0.3, -0.25) is 0 Å². The van der Waals surface area contributed by atoms with E-state index < -0.39 is 21.8 Å². The van der Waals surface area contributed by atoms with E-state index in [-0.39, 0.29) is 10.8 Å². The van der Waals surface area contributed by atoms with E-state index in [2.05, 4.69) is 15.9 Å². The Balaban J connectivity index is 1.81. The number of rotatable bonds is 10. The maximum atomic E-state index is 12.7. The van der Waals surface area contributed by atoms with Crippen LogP contribution in [0.2, 0.25) is 0 Å². The summed E-state index contributed by atoms with van der Waals surface area (Å²) in [5.74, 6) is 0.779. The second-order valence-electron chi connectivity index (χ2n) is 7.67. The minimum Gasteiger partial charge on any atom is -0.381 e. The van der Waals surface area contributed by atoms with E-state index >= 15 is 0 Å². The lowest BCUT2D eigenvalue weighted by Crippen LogP contribution is -2.34. The molecular weight excluding hydrogens is 471 g/mol. The summed E-state index contributed by atoms with van der Waals surface area (Å²) >= 11 is 3.40. The first kappa shape index (κ1) is 24.6. The Morgan fingerprint density at radius 1 is 1.07 bits per heavy atom. The van der Waals surface area contributed by atoms with Crippen molar-refractivity contribution in [2.75, 3.05) is 32.1 Å². The van der Waals surface area contributed by atoms with Gasteiger partial charge in [-0.2, -0.15) is 13.2 Å². The standard InChI is InChI=1S/C20H29BrF3NO3S/c1-25(29(26,27)19-10-8-18(9-11-19)20(22,23)24)14-16-4-6-17(7-5-16)15-28-13-3-2-12-21/h8-11,16-17H,2-7,12-15H2,1H3. The third-order valence-electron chi connectivity index (χ3n) is 5.40. The lowest BCUT2D eigenvalue weighted by Gasteiger charge is -2.31. The van der Waals surface area contributed by atoms with Crippen LogP contribution in [0.15, 0.2) is 29.2 Å². The van der Waals surface area contributed by atoms with Crippen LogP contribution in [0.1, 0.15) is 44.1 Å². The molecule has 1 fully saturated rings. The molecule has 166 valence electrons. The molecule has 0 spiro atoms. The Morgan fingerprint density at radius 2 is 1.66 bits per heavy atom. The van der Waals surface area contributed by atoms with Crippen molar-refractivity contribution in [2.24, 2.45) is 11.8 Å². The fourth-order valence-electron chi connectivity index (χ4n) is 3.59. The number of ether oxygens (including phenoxy) is 1. The van der Waals surface area contributed by atoms with Crippen LogP contribution < -0.4 is 0 Å². The van der Waals surface area contributed by atoms with Crippen LogP contribution in [0.5, 0.6) is 0 Å². The summed E-state index contributed by atoms with van der Waals surface area (Å²) in [6, 6.07) is 3.67. The normalized spacial score (nSPS) is 20.9. The molecule has 1 aliphatic rings. The highest BCUT2D eigenvalue weighted by atomic mass is 79.9. The number of hydrogen-bond acceptors (Lipinski definition) is 3. The lowest BCUT2D eigenvalue weighted by atomic mass is 9.82. The van der Waals surface area contributed by atoms with Crippen LogP contribution in [-0.4, -0.2) is 44.9 Å². The molecule has 0 radical (unpaired) electrons. The number of hydrogen-bond donors (Lipinski definition) is 0. The Bertz CT molecular complexity index is 717. The average molecular weight is 500 g/mol. The quantitative estimate of drug-likeness (QED) is 0.323. The first-order valence-corrected chi connectivity index (χ1v) is 12.5. The summed E-state index contributed by atoms with van der Waals surface area (Å²) in [6.45, 7) is 1.91. The van der Waals surface area contributed by atoms with Gasteiger partial charge in [0.25, 0.3) is 0 Å². The highest BCUT2D eigenvalue weighted by Gasteiger charge is 2.32. The van der Waals surface area contributed by atoms with Crippen molar-refractivity contribution in [1.29, 1.82) is 0 Å². The van der Waals surface area contributed by atoms with Crippen LogP contribution in [0, 0.1) is 11.8 Å². The predicted octanol–water partition coefficient (Wildman–Crippen LogP) is 5.32. The number of unbranched alkanes of at least 4 members (excludes halogenated alkanes) is 1. The van der Waals surface area contributed by atoms with Crippen LogP contribution in [0.4, 0.5) is 13.2 Å². The largest absolute Gasteiger partial charge is 0.416 e. The van der Waals surface area contributed by atoms with Gasteiger partial charge in [0.2, 0.25) is 10.0 Å². The molecule has 2 rings (SSSR count). The Hall–Kier alpha value is -0.640. The minimum absolute atomic E-state index is 0.112. The molecule has 0 aromatic heterocycles. The van der Waals surface area contributed by atoms with Crippen molar-refractivity contribution in [3.05, 3.63) is 29.8 Å². The molecule has 1 aromatic carbocycles. The van der Waals surface area contributed by atoms with Gasteiger partial charge >= 0.3 is 6.18 Å². The van der Waals surface area contributed by atoms with E-state index in [0.29, 0.717) is 12.5 Å². The van der Waals surface area contributed by atoms with Crippen LogP contribution in [-0.2, 0) is 20.9 Å². The monoisotopic (exact) mass is 499 g/mol. The molecule has 0 heterocycles. The van der Waals surface area contributed by atoms with Gasteiger partial charge in [0, 0.05) is 32.1 Å². The first-order chi connectivity index (χ1) is 13.6. The number of benzene rings is 1. The average Bonchev–Trinajstić information content (AvgIpc) is 2.68. The van der Waals surface area contributed by atoms with E-state index in [4.69, 9.17) is 4.74 Å². The number of alkyl halides is 4. The van der Waals surface area contributed by atoms with Gasteiger partial charge in [-0.1, -0.05) is 15.9 Å². The van der Waals surface area contributed by atoms with E-state index in [0.717, 1.165) is 81.3 Å². The molecule has 4 nitrogen and oxygen atoms in total. The van der Waals surface area contributed by atoms with Crippen LogP contribution in [0.25, 0.3) is 0 Å². The molecule has 1 saturated carbocycles. The van der Waals surface area contributed by atoms with Crippen molar-refractivity contribution in [1.82, 2.24) is 4.31 Å². The number of halogens is 4. The van der Waals surface area contributed by atoms with E-state index in [9.17, 15) is 21.6 Å². The van der Waals surface area contributed by atoms with Gasteiger partial charge in [0.15, 0.2) is 0 Å². The second kappa shape index (κ2) is 11.1. The van der Waals surface area contributed by atoms with E-state index in [1.807, 2.05) is 0 Å². The lowest BCUT2D eigenvalue weighted by molar-refractivity contribution is -0.137. The van der Waals surface area contributed by atoms with Gasteiger partial charge in [0.05, 0.1) is 10.5 Å². The summed E-state index contributed by atoms with van der Waals surface area (Å²) in [7, 11) is -2.31. The van der Waals surface area contributed by atoms with Gasteiger partial charge in [-0.15, -0.1) is 0 Å².